The fraction of sp³-hybridized carbons (Fsp3) is 0.294. The lowest BCUT2D eigenvalue weighted by Gasteiger charge is -2.11. The summed E-state index contributed by atoms with van der Waals surface area (Å²) in [4.78, 5) is 0. The molecule has 0 heterocycles. The van der Waals surface area contributed by atoms with Crippen LogP contribution in [0.5, 0.6) is 0 Å². The SMILES string of the molecule is Cc1ccc(Br)c(NCc2ccc3c(c2)CCC3)c1. The molecule has 0 radical (unpaired) electrons. The lowest BCUT2D eigenvalue weighted by atomic mass is 10.1. The summed E-state index contributed by atoms with van der Waals surface area (Å²) in [5.41, 5.74) is 6.90. The van der Waals surface area contributed by atoms with Gasteiger partial charge in [-0.3, -0.25) is 0 Å². The number of halogens is 1. The maximum Gasteiger partial charge on any atom is 0.0489 e. The minimum Gasteiger partial charge on any atom is -0.380 e. The van der Waals surface area contributed by atoms with Crippen LogP contribution in [0.2, 0.25) is 0 Å². The van der Waals surface area contributed by atoms with E-state index in [-0.39, 0.29) is 0 Å². The maximum atomic E-state index is 3.59. The highest BCUT2D eigenvalue weighted by Crippen LogP contribution is 2.26. The first-order valence-electron chi connectivity index (χ1n) is 6.83. The molecule has 0 fully saturated rings. The second-order valence-electron chi connectivity index (χ2n) is 5.29. The molecule has 0 spiro atoms. The average molecular weight is 316 g/mol. The van der Waals surface area contributed by atoms with Crippen LogP contribution in [0.4, 0.5) is 5.69 Å². The summed E-state index contributed by atoms with van der Waals surface area (Å²) in [6.07, 6.45) is 3.82. The first-order chi connectivity index (χ1) is 9.22. The van der Waals surface area contributed by atoms with Gasteiger partial charge in [-0.25, -0.2) is 0 Å². The van der Waals surface area contributed by atoms with E-state index in [1.54, 1.807) is 11.1 Å². The third kappa shape index (κ3) is 2.84. The van der Waals surface area contributed by atoms with Crippen LogP contribution in [0.25, 0.3) is 0 Å². The molecule has 1 aliphatic carbocycles. The lowest BCUT2D eigenvalue weighted by molar-refractivity contribution is 0.911. The molecule has 1 aliphatic rings. The summed E-state index contributed by atoms with van der Waals surface area (Å²) in [7, 11) is 0. The Morgan fingerprint density at radius 2 is 1.89 bits per heavy atom. The van der Waals surface area contributed by atoms with Crippen molar-refractivity contribution in [2.75, 3.05) is 5.32 Å². The second kappa shape index (κ2) is 5.38. The molecule has 0 aromatic heterocycles. The number of hydrogen-bond donors (Lipinski definition) is 1. The first kappa shape index (κ1) is 12.7. The largest absolute Gasteiger partial charge is 0.380 e. The number of nitrogens with one attached hydrogen (secondary N) is 1. The molecule has 0 saturated heterocycles. The number of aryl methyl sites for hydroxylation is 3. The molecule has 0 bridgehead atoms. The zero-order valence-corrected chi connectivity index (χ0v) is 12.8. The number of benzene rings is 2. The van der Waals surface area contributed by atoms with E-state index in [1.807, 2.05) is 0 Å². The first-order valence-corrected chi connectivity index (χ1v) is 7.62. The Bertz CT molecular complexity index is 604. The van der Waals surface area contributed by atoms with Crippen molar-refractivity contribution in [2.45, 2.75) is 32.7 Å². The van der Waals surface area contributed by atoms with Crippen LogP contribution >= 0.6 is 15.9 Å². The average Bonchev–Trinajstić information content (AvgIpc) is 2.87. The van der Waals surface area contributed by atoms with Gasteiger partial charge in [-0.15, -0.1) is 0 Å². The van der Waals surface area contributed by atoms with Crippen LogP contribution in [0.3, 0.4) is 0 Å². The highest BCUT2D eigenvalue weighted by molar-refractivity contribution is 9.10. The van der Waals surface area contributed by atoms with Crippen molar-refractivity contribution in [3.8, 4) is 0 Å². The Morgan fingerprint density at radius 1 is 1.05 bits per heavy atom. The topological polar surface area (TPSA) is 12.0 Å². The van der Waals surface area contributed by atoms with E-state index >= 15 is 0 Å². The van der Waals surface area contributed by atoms with Crippen LogP contribution in [0.1, 0.15) is 28.7 Å². The highest BCUT2D eigenvalue weighted by Gasteiger charge is 2.10. The molecule has 0 atom stereocenters. The molecule has 19 heavy (non-hydrogen) atoms. The molecular weight excluding hydrogens is 298 g/mol. The fourth-order valence-electron chi connectivity index (χ4n) is 2.71. The molecule has 0 amide bonds. The summed E-state index contributed by atoms with van der Waals surface area (Å²) in [6, 6.07) is 13.3. The summed E-state index contributed by atoms with van der Waals surface area (Å²) >= 11 is 3.59. The van der Waals surface area contributed by atoms with Gasteiger partial charge >= 0.3 is 0 Å². The number of hydrogen-bond acceptors (Lipinski definition) is 1. The lowest BCUT2D eigenvalue weighted by Crippen LogP contribution is -2.01. The molecule has 1 nitrogen and oxygen atoms in total. The molecule has 2 aromatic rings. The third-order valence-electron chi connectivity index (χ3n) is 3.77. The Kier molecular flexibility index (Phi) is 3.61. The minimum atomic E-state index is 0.884. The van der Waals surface area contributed by atoms with E-state index in [4.69, 9.17) is 0 Å². The van der Waals surface area contributed by atoms with Gasteiger partial charge in [0.1, 0.15) is 0 Å². The van der Waals surface area contributed by atoms with E-state index in [0.717, 1.165) is 11.0 Å². The number of fused-ring (bicyclic) bond motifs is 1. The maximum absolute atomic E-state index is 3.59. The summed E-state index contributed by atoms with van der Waals surface area (Å²) in [5.74, 6) is 0. The second-order valence-corrected chi connectivity index (χ2v) is 6.15. The summed E-state index contributed by atoms with van der Waals surface area (Å²) in [6.45, 7) is 3.00. The summed E-state index contributed by atoms with van der Waals surface area (Å²) in [5, 5.41) is 3.51. The normalized spacial score (nSPS) is 13.4. The molecule has 2 heteroatoms. The van der Waals surface area contributed by atoms with Crippen molar-refractivity contribution in [1.82, 2.24) is 0 Å². The molecule has 0 unspecified atom stereocenters. The summed E-state index contributed by atoms with van der Waals surface area (Å²) < 4.78 is 1.12. The molecule has 0 saturated carbocycles. The molecule has 3 rings (SSSR count). The molecule has 2 aromatic carbocycles. The van der Waals surface area contributed by atoms with Crippen LogP contribution < -0.4 is 5.32 Å². The zero-order chi connectivity index (χ0) is 13.2. The van der Waals surface area contributed by atoms with Crippen LogP contribution in [-0.4, -0.2) is 0 Å². The smallest absolute Gasteiger partial charge is 0.0489 e. The number of rotatable bonds is 3. The Labute approximate surface area is 123 Å². The Morgan fingerprint density at radius 3 is 2.79 bits per heavy atom. The van der Waals surface area contributed by atoms with Crippen LogP contribution in [0.15, 0.2) is 40.9 Å². The minimum absolute atomic E-state index is 0.884. The molecule has 1 N–H and O–H groups in total. The van der Waals surface area contributed by atoms with Gasteiger partial charge in [0, 0.05) is 16.7 Å². The molecule has 0 aliphatic heterocycles. The van der Waals surface area contributed by atoms with Gasteiger partial charge in [0.05, 0.1) is 0 Å². The fourth-order valence-corrected chi connectivity index (χ4v) is 3.09. The van der Waals surface area contributed by atoms with E-state index in [1.165, 1.54) is 36.1 Å². The van der Waals surface area contributed by atoms with Crippen molar-refractivity contribution in [1.29, 1.82) is 0 Å². The van der Waals surface area contributed by atoms with Gasteiger partial charge in [-0.2, -0.15) is 0 Å². The van der Waals surface area contributed by atoms with Gasteiger partial charge < -0.3 is 5.32 Å². The Balaban J connectivity index is 1.74. The van der Waals surface area contributed by atoms with Crippen LogP contribution in [0, 0.1) is 6.92 Å². The Hall–Kier alpha value is -1.28. The van der Waals surface area contributed by atoms with Gasteiger partial charge in [0.2, 0.25) is 0 Å². The van der Waals surface area contributed by atoms with E-state index in [2.05, 4.69) is 64.6 Å². The molecular formula is C17H18BrN. The third-order valence-corrected chi connectivity index (χ3v) is 4.46. The van der Waals surface area contributed by atoms with Gasteiger partial charge in [0.25, 0.3) is 0 Å². The predicted octanol–water partition coefficient (Wildman–Crippen LogP) is 4.86. The van der Waals surface area contributed by atoms with Crippen molar-refractivity contribution in [2.24, 2.45) is 0 Å². The predicted molar refractivity (Wildman–Crippen MR) is 84.7 cm³/mol. The van der Waals surface area contributed by atoms with E-state index < -0.39 is 0 Å². The van der Waals surface area contributed by atoms with Crippen molar-refractivity contribution in [3.05, 3.63) is 63.1 Å². The van der Waals surface area contributed by atoms with Crippen molar-refractivity contribution >= 4 is 21.6 Å². The van der Waals surface area contributed by atoms with E-state index in [0.29, 0.717) is 0 Å². The highest BCUT2D eigenvalue weighted by atomic mass is 79.9. The quantitative estimate of drug-likeness (QED) is 0.853. The van der Waals surface area contributed by atoms with Crippen LogP contribution in [-0.2, 0) is 19.4 Å². The standard InChI is InChI=1S/C17H18BrN/c1-12-5-8-16(18)17(9-12)19-11-13-6-7-14-3-2-4-15(14)10-13/h5-10,19H,2-4,11H2,1H3. The van der Waals surface area contributed by atoms with Gasteiger partial charge in [-0.05, 0) is 76.5 Å². The van der Waals surface area contributed by atoms with Gasteiger partial charge in [0.15, 0.2) is 0 Å². The zero-order valence-electron chi connectivity index (χ0n) is 11.2. The van der Waals surface area contributed by atoms with Gasteiger partial charge in [-0.1, -0.05) is 24.3 Å². The number of anilines is 1. The van der Waals surface area contributed by atoms with Crippen molar-refractivity contribution < 1.29 is 0 Å². The monoisotopic (exact) mass is 315 g/mol. The van der Waals surface area contributed by atoms with E-state index in [9.17, 15) is 0 Å². The van der Waals surface area contributed by atoms with Crippen molar-refractivity contribution in [3.63, 3.8) is 0 Å². The molecule has 98 valence electrons.